The van der Waals surface area contributed by atoms with Crippen LogP contribution in [0.15, 0.2) is 48.9 Å². The van der Waals surface area contributed by atoms with E-state index in [0.717, 1.165) is 13.1 Å². The van der Waals surface area contributed by atoms with Crippen molar-refractivity contribution >= 4 is 11.7 Å². The minimum Gasteiger partial charge on any atom is -0.379 e. The first-order chi connectivity index (χ1) is 12.7. The summed E-state index contributed by atoms with van der Waals surface area (Å²) in [6, 6.07) is 12.6. The van der Waals surface area contributed by atoms with E-state index in [0.29, 0.717) is 32.0 Å². The Hall–Kier alpha value is -2.31. The predicted molar refractivity (Wildman–Crippen MR) is 98.7 cm³/mol. The lowest BCUT2D eigenvalue weighted by Crippen LogP contribution is -2.41. The van der Waals surface area contributed by atoms with Crippen molar-refractivity contribution in [2.75, 3.05) is 37.7 Å². The number of ether oxygens (including phenoxy) is 1. The molecule has 3 heterocycles. The Labute approximate surface area is 153 Å². The van der Waals surface area contributed by atoms with E-state index in [-0.39, 0.29) is 17.4 Å². The average Bonchev–Trinajstić information content (AvgIpc) is 2.86. The second-order valence-electron chi connectivity index (χ2n) is 7.33. The van der Waals surface area contributed by atoms with Gasteiger partial charge in [-0.2, -0.15) is 0 Å². The van der Waals surface area contributed by atoms with Crippen molar-refractivity contribution in [2.24, 2.45) is 5.41 Å². The smallest absolute Gasteiger partial charge is 0.228 e. The Morgan fingerprint density at radius 1 is 1.19 bits per heavy atom. The van der Waals surface area contributed by atoms with Crippen LogP contribution >= 0.6 is 0 Å². The molecule has 136 valence electrons. The van der Waals surface area contributed by atoms with Crippen LogP contribution in [0.4, 0.5) is 5.82 Å². The summed E-state index contributed by atoms with van der Waals surface area (Å²) in [5.74, 6) is 0.787. The van der Waals surface area contributed by atoms with Crippen molar-refractivity contribution < 1.29 is 9.53 Å². The van der Waals surface area contributed by atoms with Crippen LogP contribution < -0.4 is 4.90 Å². The van der Waals surface area contributed by atoms with Gasteiger partial charge in [0.05, 0.1) is 13.2 Å². The molecule has 4 rings (SSSR count). The maximum Gasteiger partial charge on any atom is 0.228 e. The van der Waals surface area contributed by atoms with E-state index in [4.69, 9.17) is 4.74 Å². The second-order valence-corrected chi connectivity index (χ2v) is 7.33. The minimum atomic E-state index is -0.193. The van der Waals surface area contributed by atoms with Gasteiger partial charge in [0.25, 0.3) is 0 Å². The molecule has 1 spiro atoms. The lowest BCUT2D eigenvalue weighted by atomic mass is 9.86. The summed E-state index contributed by atoms with van der Waals surface area (Å²) < 4.78 is 5.93. The van der Waals surface area contributed by atoms with Gasteiger partial charge in [-0.05, 0) is 18.6 Å². The molecular formula is C20H24N4O2. The Morgan fingerprint density at radius 3 is 2.81 bits per heavy atom. The number of carbonyl (C=O) groups is 1. The van der Waals surface area contributed by atoms with E-state index < -0.39 is 0 Å². The van der Waals surface area contributed by atoms with Gasteiger partial charge < -0.3 is 4.74 Å². The van der Waals surface area contributed by atoms with Crippen LogP contribution in [0.5, 0.6) is 0 Å². The van der Waals surface area contributed by atoms with Gasteiger partial charge >= 0.3 is 0 Å². The van der Waals surface area contributed by atoms with Gasteiger partial charge in [-0.25, -0.2) is 9.97 Å². The molecule has 6 nitrogen and oxygen atoms in total. The number of hydrogen-bond acceptors (Lipinski definition) is 5. The van der Waals surface area contributed by atoms with Gasteiger partial charge in [0.2, 0.25) is 5.91 Å². The zero-order valence-corrected chi connectivity index (χ0v) is 15.0. The lowest BCUT2D eigenvalue weighted by molar-refractivity contribution is -0.118. The average molecular weight is 352 g/mol. The van der Waals surface area contributed by atoms with Crippen LogP contribution in [-0.4, -0.2) is 53.6 Å². The van der Waals surface area contributed by atoms with E-state index in [1.165, 1.54) is 11.9 Å². The minimum absolute atomic E-state index is 0.113. The highest BCUT2D eigenvalue weighted by Crippen LogP contribution is 2.38. The molecule has 0 N–H and O–H groups in total. The number of nitrogens with zero attached hydrogens (tertiary/aromatic N) is 4. The molecule has 2 aromatic rings. The monoisotopic (exact) mass is 352 g/mol. The largest absolute Gasteiger partial charge is 0.379 e. The fourth-order valence-corrected chi connectivity index (χ4v) is 4.05. The summed E-state index contributed by atoms with van der Waals surface area (Å²) in [5.41, 5.74) is 1.10. The van der Waals surface area contributed by atoms with Crippen molar-refractivity contribution in [3.8, 4) is 0 Å². The highest BCUT2D eigenvalue weighted by Gasteiger charge is 2.46. The number of carbonyl (C=O) groups excluding carboxylic acids is 1. The van der Waals surface area contributed by atoms with Crippen molar-refractivity contribution in [3.05, 3.63) is 54.5 Å². The van der Waals surface area contributed by atoms with Gasteiger partial charge in [0.1, 0.15) is 12.1 Å². The molecule has 0 aliphatic carbocycles. The van der Waals surface area contributed by atoms with Gasteiger partial charge in [0, 0.05) is 43.7 Å². The van der Waals surface area contributed by atoms with E-state index in [1.807, 2.05) is 6.07 Å². The second kappa shape index (κ2) is 7.13. The Kier molecular flexibility index (Phi) is 4.70. The van der Waals surface area contributed by atoms with E-state index in [9.17, 15) is 4.79 Å². The van der Waals surface area contributed by atoms with Crippen molar-refractivity contribution in [1.29, 1.82) is 0 Å². The molecular weight excluding hydrogens is 328 g/mol. The number of benzene rings is 1. The first-order valence-corrected chi connectivity index (χ1v) is 9.10. The van der Waals surface area contributed by atoms with E-state index in [2.05, 4.69) is 46.1 Å². The van der Waals surface area contributed by atoms with E-state index in [1.54, 1.807) is 17.2 Å². The summed E-state index contributed by atoms with van der Waals surface area (Å²) in [6.45, 7) is 5.89. The number of anilines is 1. The molecule has 2 aliphatic rings. The highest BCUT2D eigenvalue weighted by atomic mass is 16.5. The molecule has 1 amide bonds. The number of hydrogen-bond donors (Lipinski definition) is 0. The molecule has 6 heteroatoms. The maximum atomic E-state index is 12.7. The summed E-state index contributed by atoms with van der Waals surface area (Å²) in [7, 11) is 0. The lowest BCUT2D eigenvalue weighted by Gasteiger charge is -2.34. The van der Waals surface area contributed by atoms with Crippen molar-refractivity contribution in [2.45, 2.75) is 19.4 Å². The SMILES string of the molecule is C[C@@H](c1ccccc1)N1CCOC[C@]2(CC(=O)N(c3ccncn3)C2)C1. The molecule has 2 fully saturated rings. The molecule has 0 saturated carbocycles. The fourth-order valence-electron chi connectivity index (χ4n) is 4.05. The molecule has 2 saturated heterocycles. The van der Waals surface area contributed by atoms with Gasteiger partial charge in [0.15, 0.2) is 0 Å². The Bertz CT molecular complexity index is 755. The molecule has 26 heavy (non-hydrogen) atoms. The van der Waals surface area contributed by atoms with Crippen LogP contribution in [0.3, 0.4) is 0 Å². The highest BCUT2D eigenvalue weighted by molar-refractivity contribution is 5.95. The molecule has 1 aromatic heterocycles. The summed E-state index contributed by atoms with van der Waals surface area (Å²) in [5, 5.41) is 0. The predicted octanol–water partition coefficient (Wildman–Crippen LogP) is 2.29. The van der Waals surface area contributed by atoms with Gasteiger partial charge in [-0.1, -0.05) is 30.3 Å². The van der Waals surface area contributed by atoms with Crippen LogP contribution in [-0.2, 0) is 9.53 Å². The summed E-state index contributed by atoms with van der Waals surface area (Å²) >= 11 is 0. The standard InChI is InChI=1S/C20H24N4O2/c1-16(17-5-3-2-4-6-17)23-9-10-26-14-20(12-23)11-19(25)24(13-20)18-7-8-21-15-22-18/h2-8,15-16H,9-14H2,1H3/t16-,20+/m0/s1. The third-order valence-corrected chi connectivity index (χ3v) is 5.46. The first-order valence-electron chi connectivity index (χ1n) is 9.10. The zero-order valence-electron chi connectivity index (χ0n) is 15.0. The molecule has 1 aromatic carbocycles. The summed E-state index contributed by atoms with van der Waals surface area (Å²) in [4.78, 5) is 25.1. The van der Waals surface area contributed by atoms with Crippen LogP contribution in [0.2, 0.25) is 0 Å². The van der Waals surface area contributed by atoms with Gasteiger partial charge in [-0.15, -0.1) is 0 Å². The van der Waals surface area contributed by atoms with Crippen LogP contribution in [0.25, 0.3) is 0 Å². The normalized spacial score (nSPS) is 25.4. The Balaban J connectivity index is 1.55. The van der Waals surface area contributed by atoms with Crippen molar-refractivity contribution in [1.82, 2.24) is 14.9 Å². The molecule has 0 unspecified atom stereocenters. The quantitative estimate of drug-likeness (QED) is 0.848. The number of rotatable bonds is 3. The first kappa shape index (κ1) is 17.1. The fraction of sp³-hybridized carbons (Fsp3) is 0.450. The maximum absolute atomic E-state index is 12.7. The molecule has 2 aliphatic heterocycles. The molecule has 2 atom stereocenters. The third-order valence-electron chi connectivity index (χ3n) is 5.46. The summed E-state index contributed by atoms with van der Waals surface area (Å²) in [6.07, 6.45) is 3.66. The molecule has 0 bridgehead atoms. The van der Waals surface area contributed by atoms with E-state index >= 15 is 0 Å². The van der Waals surface area contributed by atoms with Gasteiger partial charge in [-0.3, -0.25) is 14.6 Å². The number of aromatic nitrogens is 2. The topological polar surface area (TPSA) is 58.6 Å². The van der Waals surface area contributed by atoms with Crippen LogP contribution in [0, 0.1) is 5.41 Å². The van der Waals surface area contributed by atoms with Crippen molar-refractivity contribution in [3.63, 3.8) is 0 Å². The third kappa shape index (κ3) is 3.34. The zero-order chi connectivity index (χ0) is 18.0. The number of amides is 1. The molecule has 0 radical (unpaired) electrons. The van der Waals surface area contributed by atoms with Crippen LogP contribution in [0.1, 0.15) is 24.9 Å². The Morgan fingerprint density at radius 2 is 2.04 bits per heavy atom.